The molecule has 0 saturated heterocycles. The summed E-state index contributed by atoms with van der Waals surface area (Å²) in [5.74, 6) is 2.17. The maximum atomic E-state index is 13.3. The molecule has 0 bridgehead atoms. The molecule has 0 aromatic heterocycles. The summed E-state index contributed by atoms with van der Waals surface area (Å²) in [4.78, 5) is 10.1. The van der Waals surface area contributed by atoms with E-state index in [4.69, 9.17) is 6.42 Å². The van der Waals surface area contributed by atoms with E-state index in [0.29, 0.717) is 0 Å². The fraction of sp³-hybridized carbons (Fsp3) is 0.200. The number of para-hydroxylation sites is 1. The lowest BCUT2D eigenvalue weighted by molar-refractivity contribution is -0.387. The van der Waals surface area contributed by atoms with Gasteiger partial charge in [0.05, 0.1) is 11.0 Å². The Kier molecular flexibility index (Phi) is 7.06. The van der Waals surface area contributed by atoms with Crippen LogP contribution in [-0.2, 0) is 16.4 Å². The zero-order chi connectivity index (χ0) is 20.7. The van der Waals surface area contributed by atoms with Crippen molar-refractivity contribution in [3.8, 4) is 12.3 Å². The van der Waals surface area contributed by atoms with Crippen molar-refractivity contribution in [2.75, 3.05) is 6.54 Å². The number of terminal acetylenes is 1. The van der Waals surface area contributed by atoms with Crippen molar-refractivity contribution >= 4 is 15.7 Å². The van der Waals surface area contributed by atoms with E-state index in [9.17, 15) is 23.6 Å². The normalized spacial score (nSPS) is 13.5. The minimum Gasteiger partial charge on any atom is -0.379 e. The van der Waals surface area contributed by atoms with Crippen molar-refractivity contribution in [2.45, 2.75) is 23.5 Å². The summed E-state index contributed by atoms with van der Waals surface area (Å²) in [6.07, 6.45) is 5.41. The van der Waals surface area contributed by atoms with Gasteiger partial charge in [-0.15, -0.1) is 13.0 Å². The first-order valence-corrected chi connectivity index (χ1v) is 9.81. The Labute approximate surface area is 164 Å². The van der Waals surface area contributed by atoms with Gasteiger partial charge in [-0.2, -0.15) is 4.31 Å². The number of benzene rings is 2. The Morgan fingerprint density at radius 1 is 1.21 bits per heavy atom. The molecule has 7 nitrogen and oxygen atoms in total. The topological polar surface area (TPSA) is 101 Å². The van der Waals surface area contributed by atoms with Crippen LogP contribution in [0.1, 0.15) is 5.56 Å². The first kappa shape index (κ1) is 21.3. The van der Waals surface area contributed by atoms with E-state index in [0.717, 1.165) is 22.0 Å². The van der Waals surface area contributed by atoms with Crippen molar-refractivity contribution in [2.24, 2.45) is 0 Å². The number of hydrogen-bond donors (Lipinski definition) is 1. The highest BCUT2D eigenvalue weighted by Crippen LogP contribution is 2.29. The Balaban J connectivity index is 2.58. The van der Waals surface area contributed by atoms with Crippen LogP contribution in [0.25, 0.3) is 0 Å². The number of nitro groups is 1. The SMILES string of the molecule is C#C[C@H](O)[C@H](Cc1ccccc1)N(CC=C)S(=O)(=O)c1ccccc1[N+](=O)[O-]. The van der Waals surface area contributed by atoms with Gasteiger partial charge in [-0.05, 0) is 18.1 Å². The van der Waals surface area contributed by atoms with Gasteiger partial charge in [0, 0.05) is 12.6 Å². The molecule has 0 unspecified atom stereocenters. The number of sulfonamides is 1. The van der Waals surface area contributed by atoms with E-state index in [-0.39, 0.29) is 13.0 Å². The molecule has 146 valence electrons. The molecular formula is C20H20N2O5S. The van der Waals surface area contributed by atoms with E-state index in [1.54, 1.807) is 24.3 Å². The summed E-state index contributed by atoms with van der Waals surface area (Å²) >= 11 is 0. The van der Waals surface area contributed by atoms with Crippen LogP contribution in [0.4, 0.5) is 5.69 Å². The van der Waals surface area contributed by atoms with Crippen LogP contribution < -0.4 is 0 Å². The number of nitrogens with zero attached hydrogens (tertiary/aromatic N) is 2. The van der Waals surface area contributed by atoms with Gasteiger partial charge in [-0.3, -0.25) is 10.1 Å². The molecule has 0 aliphatic heterocycles. The first-order chi connectivity index (χ1) is 13.3. The summed E-state index contributed by atoms with van der Waals surface area (Å²) in [5, 5.41) is 21.7. The van der Waals surface area contributed by atoms with Crippen LogP contribution in [0.3, 0.4) is 0 Å². The highest BCUT2D eigenvalue weighted by Gasteiger charge is 2.37. The van der Waals surface area contributed by atoms with Crippen molar-refractivity contribution in [3.63, 3.8) is 0 Å². The molecule has 0 spiro atoms. The fourth-order valence-electron chi connectivity index (χ4n) is 2.83. The monoisotopic (exact) mass is 400 g/mol. The van der Waals surface area contributed by atoms with E-state index >= 15 is 0 Å². The Hall–Kier alpha value is -2.99. The maximum absolute atomic E-state index is 13.3. The molecule has 0 saturated carbocycles. The van der Waals surface area contributed by atoms with Crippen LogP contribution in [0, 0.1) is 22.5 Å². The number of rotatable bonds is 9. The molecule has 8 heteroatoms. The standard InChI is InChI=1S/C20H20N2O5S/c1-3-14-21(18(19(23)4-2)15-16-10-6-5-7-11-16)28(26,27)20-13-9-8-12-17(20)22(24)25/h2-3,5-13,18-19,23H,1,14-15H2/t18-,19-/m0/s1. The first-order valence-electron chi connectivity index (χ1n) is 8.37. The van der Waals surface area contributed by atoms with Crippen LogP contribution in [0.2, 0.25) is 0 Å². The van der Waals surface area contributed by atoms with Crippen LogP contribution in [-0.4, -0.2) is 41.4 Å². The highest BCUT2D eigenvalue weighted by molar-refractivity contribution is 7.89. The molecule has 0 heterocycles. The zero-order valence-electron chi connectivity index (χ0n) is 15.0. The van der Waals surface area contributed by atoms with Gasteiger partial charge in [-0.1, -0.05) is 54.5 Å². The summed E-state index contributed by atoms with van der Waals surface area (Å²) in [7, 11) is -4.35. The average molecular weight is 400 g/mol. The van der Waals surface area contributed by atoms with Gasteiger partial charge in [0.25, 0.3) is 15.7 Å². The maximum Gasteiger partial charge on any atom is 0.289 e. The van der Waals surface area contributed by atoms with Gasteiger partial charge < -0.3 is 5.11 Å². The van der Waals surface area contributed by atoms with Crippen LogP contribution in [0.15, 0.2) is 72.1 Å². The molecule has 0 aliphatic rings. The highest BCUT2D eigenvalue weighted by atomic mass is 32.2. The van der Waals surface area contributed by atoms with Gasteiger partial charge in [-0.25, -0.2) is 8.42 Å². The predicted molar refractivity (Wildman–Crippen MR) is 106 cm³/mol. The molecule has 28 heavy (non-hydrogen) atoms. The second-order valence-electron chi connectivity index (χ2n) is 5.96. The van der Waals surface area contributed by atoms with Crippen LogP contribution >= 0.6 is 0 Å². The van der Waals surface area contributed by atoms with Crippen molar-refractivity contribution in [1.29, 1.82) is 0 Å². The van der Waals surface area contributed by atoms with E-state index < -0.39 is 37.7 Å². The van der Waals surface area contributed by atoms with Gasteiger partial charge >= 0.3 is 0 Å². The molecule has 0 amide bonds. The summed E-state index contributed by atoms with van der Waals surface area (Å²) in [6.45, 7) is 3.39. The summed E-state index contributed by atoms with van der Waals surface area (Å²) in [6, 6.07) is 12.9. The molecule has 2 aromatic rings. The van der Waals surface area contributed by atoms with Crippen molar-refractivity contribution < 1.29 is 18.4 Å². The van der Waals surface area contributed by atoms with E-state index in [1.165, 1.54) is 18.2 Å². The van der Waals surface area contributed by atoms with E-state index in [1.807, 2.05) is 6.07 Å². The largest absolute Gasteiger partial charge is 0.379 e. The lowest BCUT2D eigenvalue weighted by Crippen LogP contribution is -2.48. The minimum absolute atomic E-state index is 0.125. The molecule has 0 aliphatic carbocycles. The lowest BCUT2D eigenvalue weighted by Gasteiger charge is -2.31. The van der Waals surface area contributed by atoms with Gasteiger partial charge in [0.2, 0.25) is 0 Å². The lowest BCUT2D eigenvalue weighted by atomic mass is 10.0. The van der Waals surface area contributed by atoms with Gasteiger partial charge in [0.1, 0.15) is 6.10 Å². The molecule has 2 rings (SSSR count). The third-order valence-electron chi connectivity index (χ3n) is 4.15. The number of aliphatic hydroxyl groups is 1. The van der Waals surface area contributed by atoms with Crippen LogP contribution in [0.5, 0.6) is 0 Å². The Bertz CT molecular complexity index is 983. The smallest absolute Gasteiger partial charge is 0.289 e. The summed E-state index contributed by atoms with van der Waals surface area (Å²) < 4.78 is 27.5. The second kappa shape index (κ2) is 9.28. The molecule has 2 atom stereocenters. The number of hydrogen-bond acceptors (Lipinski definition) is 5. The number of aliphatic hydroxyl groups excluding tert-OH is 1. The summed E-state index contributed by atoms with van der Waals surface area (Å²) in [5.41, 5.74) is 0.207. The van der Waals surface area contributed by atoms with E-state index in [2.05, 4.69) is 12.5 Å². The average Bonchev–Trinajstić information content (AvgIpc) is 2.70. The fourth-order valence-corrected chi connectivity index (χ4v) is 4.59. The molecular weight excluding hydrogens is 380 g/mol. The quantitative estimate of drug-likeness (QED) is 0.301. The second-order valence-corrected chi connectivity index (χ2v) is 7.82. The predicted octanol–water partition coefficient (Wildman–Crippen LogP) is 2.38. The molecule has 0 fully saturated rings. The third kappa shape index (κ3) is 4.64. The Morgan fingerprint density at radius 2 is 1.82 bits per heavy atom. The van der Waals surface area contributed by atoms with Crippen molar-refractivity contribution in [3.05, 3.63) is 82.9 Å². The van der Waals surface area contributed by atoms with Gasteiger partial charge in [0.15, 0.2) is 4.90 Å². The molecule has 1 N–H and O–H groups in total. The molecule has 2 aromatic carbocycles. The van der Waals surface area contributed by atoms with Crippen molar-refractivity contribution in [1.82, 2.24) is 4.31 Å². The number of nitro benzene ring substituents is 1. The minimum atomic E-state index is -4.35. The Morgan fingerprint density at radius 3 is 2.39 bits per heavy atom. The third-order valence-corrected chi connectivity index (χ3v) is 6.09. The molecule has 0 radical (unpaired) electrons. The zero-order valence-corrected chi connectivity index (χ0v) is 15.8.